The summed E-state index contributed by atoms with van der Waals surface area (Å²) >= 11 is 0. The maximum Gasteiger partial charge on any atom is 0.431 e. The second-order valence-electron chi connectivity index (χ2n) is 5.18. The van der Waals surface area contributed by atoms with E-state index in [1.54, 1.807) is 11.1 Å². The molecule has 0 atom stereocenters. The average Bonchev–Trinajstić information content (AvgIpc) is 2.44. The zero-order chi connectivity index (χ0) is 16.3. The molecular formula is C16H15F3N2O. The van der Waals surface area contributed by atoms with Crippen molar-refractivity contribution in [3.05, 3.63) is 63.3 Å². The van der Waals surface area contributed by atoms with Gasteiger partial charge in [0, 0.05) is 0 Å². The number of aromatic amines is 1. The summed E-state index contributed by atoms with van der Waals surface area (Å²) in [6, 6.07) is 8.45. The van der Waals surface area contributed by atoms with E-state index in [9.17, 15) is 18.0 Å². The summed E-state index contributed by atoms with van der Waals surface area (Å²) in [5, 5.41) is 0. The van der Waals surface area contributed by atoms with E-state index >= 15 is 0 Å². The van der Waals surface area contributed by atoms with Crippen molar-refractivity contribution in [3.8, 4) is 0 Å². The Labute approximate surface area is 125 Å². The number of benzene rings is 1. The first-order valence-electron chi connectivity index (χ1n) is 6.72. The fourth-order valence-corrected chi connectivity index (χ4v) is 1.89. The van der Waals surface area contributed by atoms with Crippen molar-refractivity contribution >= 4 is 12.2 Å². The summed E-state index contributed by atoms with van der Waals surface area (Å²) in [6.07, 6.45) is -1.61. The molecule has 1 aromatic heterocycles. The molecule has 0 aliphatic carbocycles. The van der Waals surface area contributed by atoms with Crippen LogP contribution in [0.2, 0.25) is 0 Å². The lowest BCUT2D eigenvalue weighted by Crippen LogP contribution is -2.19. The maximum absolute atomic E-state index is 12.6. The van der Waals surface area contributed by atoms with E-state index < -0.39 is 17.6 Å². The Morgan fingerprint density at radius 1 is 1.14 bits per heavy atom. The van der Waals surface area contributed by atoms with Crippen molar-refractivity contribution in [1.29, 1.82) is 0 Å². The van der Waals surface area contributed by atoms with Gasteiger partial charge in [0.2, 0.25) is 0 Å². The summed E-state index contributed by atoms with van der Waals surface area (Å²) in [4.78, 5) is 16.4. The smallest absolute Gasteiger partial charge is 0.302 e. The van der Waals surface area contributed by atoms with Crippen LogP contribution in [0.4, 0.5) is 13.2 Å². The predicted octanol–water partition coefficient (Wildman–Crippen LogP) is 4.08. The van der Waals surface area contributed by atoms with Crippen LogP contribution in [0.1, 0.15) is 42.3 Å². The van der Waals surface area contributed by atoms with Crippen LogP contribution >= 0.6 is 0 Å². The van der Waals surface area contributed by atoms with Crippen LogP contribution in [-0.2, 0) is 6.18 Å². The molecular weight excluding hydrogens is 293 g/mol. The number of halogens is 3. The van der Waals surface area contributed by atoms with Gasteiger partial charge in [0.25, 0.3) is 0 Å². The van der Waals surface area contributed by atoms with E-state index in [4.69, 9.17) is 0 Å². The minimum Gasteiger partial charge on any atom is -0.302 e. The monoisotopic (exact) mass is 308 g/mol. The molecule has 0 bridgehead atoms. The predicted molar refractivity (Wildman–Crippen MR) is 79.3 cm³/mol. The highest BCUT2D eigenvalue weighted by Gasteiger charge is 2.32. The molecule has 2 aromatic rings. The van der Waals surface area contributed by atoms with Crippen LogP contribution in [0.5, 0.6) is 0 Å². The van der Waals surface area contributed by atoms with Gasteiger partial charge in [-0.1, -0.05) is 44.2 Å². The Morgan fingerprint density at radius 3 is 2.32 bits per heavy atom. The third-order valence-corrected chi connectivity index (χ3v) is 3.12. The molecule has 0 spiro atoms. The van der Waals surface area contributed by atoms with Gasteiger partial charge in [-0.3, -0.25) is 0 Å². The van der Waals surface area contributed by atoms with E-state index in [0.717, 1.165) is 11.6 Å². The number of hydrogen-bond acceptors (Lipinski definition) is 2. The Balaban J connectivity index is 2.26. The molecule has 6 heteroatoms. The third-order valence-electron chi connectivity index (χ3n) is 3.12. The normalized spacial score (nSPS) is 12.3. The van der Waals surface area contributed by atoms with Crippen LogP contribution in [0.3, 0.4) is 0 Å². The number of aromatic nitrogens is 2. The molecule has 0 aliphatic heterocycles. The molecule has 3 nitrogen and oxygen atoms in total. The highest BCUT2D eigenvalue weighted by molar-refractivity contribution is 5.68. The Bertz CT molecular complexity index is 728. The summed E-state index contributed by atoms with van der Waals surface area (Å²) in [5.74, 6) is 0.404. The zero-order valence-electron chi connectivity index (χ0n) is 12.1. The summed E-state index contributed by atoms with van der Waals surface area (Å²) < 4.78 is 37.8. The molecule has 0 unspecified atom stereocenters. The first-order valence-corrected chi connectivity index (χ1v) is 6.72. The van der Waals surface area contributed by atoms with E-state index in [1.807, 2.05) is 24.3 Å². The molecule has 0 amide bonds. The van der Waals surface area contributed by atoms with E-state index in [-0.39, 0.29) is 5.69 Å². The largest absolute Gasteiger partial charge is 0.431 e. The van der Waals surface area contributed by atoms with Crippen LogP contribution in [0.25, 0.3) is 12.2 Å². The van der Waals surface area contributed by atoms with Crippen molar-refractivity contribution in [2.75, 3.05) is 0 Å². The fraction of sp³-hybridized carbons (Fsp3) is 0.250. The molecule has 0 aliphatic rings. The fourth-order valence-electron chi connectivity index (χ4n) is 1.89. The highest BCUT2D eigenvalue weighted by atomic mass is 19.4. The SMILES string of the molecule is CC(C)c1ccc(C=Cc2cc(C(F)(F)F)[nH]c(=O)n2)cc1. The number of hydrogen-bond donors (Lipinski definition) is 1. The molecule has 1 aromatic carbocycles. The van der Waals surface area contributed by atoms with Crippen molar-refractivity contribution in [2.24, 2.45) is 0 Å². The lowest BCUT2D eigenvalue weighted by molar-refractivity contribution is -0.141. The zero-order valence-corrected chi connectivity index (χ0v) is 12.1. The van der Waals surface area contributed by atoms with Crippen LogP contribution in [0, 0.1) is 0 Å². The van der Waals surface area contributed by atoms with E-state index in [1.165, 1.54) is 11.6 Å². The van der Waals surface area contributed by atoms with Gasteiger partial charge in [-0.05, 0) is 29.2 Å². The van der Waals surface area contributed by atoms with Gasteiger partial charge in [-0.15, -0.1) is 0 Å². The summed E-state index contributed by atoms with van der Waals surface area (Å²) in [7, 11) is 0. The molecule has 22 heavy (non-hydrogen) atoms. The topological polar surface area (TPSA) is 45.8 Å². The lowest BCUT2D eigenvalue weighted by atomic mass is 10.0. The number of nitrogens with zero attached hydrogens (tertiary/aromatic N) is 1. The van der Waals surface area contributed by atoms with Crippen molar-refractivity contribution in [2.45, 2.75) is 25.9 Å². The molecule has 0 saturated heterocycles. The Morgan fingerprint density at radius 2 is 1.77 bits per heavy atom. The molecule has 1 N–H and O–H groups in total. The second kappa shape index (κ2) is 6.17. The Kier molecular flexibility index (Phi) is 4.49. The van der Waals surface area contributed by atoms with Gasteiger partial charge < -0.3 is 4.98 Å². The van der Waals surface area contributed by atoms with Gasteiger partial charge in [-0.25, -0.2) is 4.79 Å². The van der Waals surface area contributed by atoms with Crippen LogP contribution in [-0.4, -0.2) is 9.97 Å². The average molecular weight is 308 g/mol. The molecule has 116 valence electrons. The highest BCUT2D eigenvalue weighted by Crippen LogP contribution is 2.27. The first-order chi connectivity index (χ1) is 10.3. The minimum atomic E-state index is -4.61. The molecule has 1 heterocycles. The Hall–Kier alpha value is -2.37. The van der Waals surface area contributed by atoms with Crippen molar-refractivity contribution in [1.82, 2.24) is 9.97 Å². The molecule has 0 fully saturated rings. The van der Waals surface area contributed by atoms with Gasteiger partial charge in [0.15, 0.2) is 0 Å². The van der Waals surface area contributed by atoms with Gasteiger partial charge in [0.05, 0.1) is 5.69 Å². The minimum absolute atomic E-state index is 0.0380. The van der Waals surface area contributed by atoms with Gasteiger partial charge >= 0.3 is 11.9 Å². The van der Waals surface area contributed by atoms with Crippen molar-refractivity contribution in [3.63, 3.8) is 0 Å². The van der Waals surface area contributed by atoms with Crippen molar-refractivity contribution < 1.29 is 13.2 Å². The first kappa shape index (κ1) is 16.0. The summed E-state index contributed by atoms with van der Waals surface area (Å²) in [5.41, 5.74) is -0.179. The lowest BCUT2D eigenvalue weighted by Gasteiger charge is -2.06. The summed E-state index contributed by atoms with van der Waals surface area (Å²) in [6.45, 7) is 4.15. The third kappa shape index (κ3) is 4.07. The second-order valence-corrected chi connectivity index (χ2v) is 5.18. The molecule has 2 rings (SSSR count). The van der Waals surface area contributed by atoms with Crippen LogP contribution in [0.15, 0.2) is 35.1 Å². The number of rotatable bonds is 3. The number of H-pyrrole nitrogens is 1. The van der Waals surface area contributed by atoms with Crippen LogP contribution < -0.4 is 5.69 Å². The van der Waals surface area contributed by atoms with Gasteiger partial charge in [0.1, 0.15) is 5.69 Å². The standard InChI is InChI=1S/C16H15F3N2O/c1-10(2)12-6-3-11(4-7-12)5-8-13-9-14(16(17,18)19)21-15(22)20-13/h3-10H,1-2H3,(H,20,21,22). The van der Waals surface area contributed by atoms with E-state index in [2.05, 4.69) is 18.8 Å². The molecule has 0 radical (unpaired) electrons. The van der Waals surface area contributed by atoms with E-state index in [0.29, 0.717) is 5.92 Å². The maximum atomic E-state index is 12.6. The quantitative estimate of drug-likeness (QED) is 0.928. The van der Waals surface area contributed by atoms with Gasteiger partial charge in [-0.2, -0.15) is 18.2 Å². The molecule has 0 saturated carbocycles. The number of alkyl halides is 3. The number of nitrogens with one attached hydrogen (secondary N) is 1.